The summed E-state index contributed by atoms with van der Waals surface area (Å²) in [6, 6.07) is 0. The number of carbonyl (C=O) groups is 2. The van der Waals surface area contributed by atoms with E-state index in [9.17, 15) is 0 Å². The molecule has 8 heavy (non-hydrogen) atoms. The van der Waals surface area contributed by atoms with Crippen LogP contribution < -0.4 is 0 Å². The average Bonchev–Trinajstić information content (AvgIpc) is 1.72. The van der Waals surface area contributed by atoms with Crippen LogP contribution in [0.5, 0.6) is 0 Å². The van der Waals surface area contributed by atoms with E-state index in [0.717, 1.165) is 0 Å². The second-order valence-electron chi connectivity index (χ2n) is 0.610. The zero-order chi connectivity index (χ0) is 7.15. The number of hydrogen-bond donors (Lipinski definition) is 2. The molecule has 0 aromatic rings. The summed E-state index contributed by atoms with van der Waals surface area (Å²) in [5.74, 6) is -3.65. The number of carboxylic acid groups (broad SMARTS) is 2. The second-order valence-corrected chi connectivity index (χ2v) is 0.610. The van der Waals surface area contributed by atoms with Gasteiger partial charge >= 0.3 is 36.7 Å². The van der Waals surface area contributed by atoms with Crippen molar-refractivity contribution in [3.05, 3.63) is 0 Å². The van der Waals surface area contributed by atoms with Crippen LogP contribution in [0.3, 0.4) is 0 Å². The normalized spacial score (nSPS) is 6.12. The van der Waals surface area contributed by atoms with Crippen LogP contribution in [0, 0.1) is 0 Å². The Labute approximate surface area is 57.0 Å². The standard InChI is InChI=1S/C2H2O4.Co.S/c3-1(4)2(5)6;;/h(H,3,4)(H,5,6);;. The third-order valence-corrected chi connectivity index (χ3v) is 0.183. The molecule has 49 valence electrons. The molecule has 0 spiro atoms. The molecular formula is C2H2CoO4S. The van der Waals surface area contributed by atoms with Gasteiger partial charge in [-0.15, -0.1) is 0 Å². The van der Waals surface area contributed by atoms with Gasteiger partial charge in [0.2, 0.25) is 0 Å². The SMILES string of the molecule is O=C(O)C(=O)O.[S]=[Co]. The fraction of sp³-hybridized carbons (Fsp3) is 0. The van der Waals surface area contributed by atoms with Crippen molar-refractivity contribution in [3.63, 3.8) is 0 Å². The van der Waals surface area contributed by atoms with E-state index in [-0.39, 0.29) is 0 Å². The van der Waals surface area contributed by atoms with Crippen LogP contribution in [0.15, 0.2) is 0 Å². The van der Waals surface area contributed by atoms with E-state index in [0.29, 0.717) is 0 Å². The predicted octanol–water partition coefficient (Wildman–Crippen LogP) is -0.199. The molecule has 0 atom stereocenters. The molecule has 0 unspecified atom stereocenters. The molecule has 0 heterocycles. The molecule has 0 radical (unpaired) electrons. The van der Waals surface area contributed by atoms with Gasteiger partial charge < -0.3 is 10.2 Å². The number of rotatable bonds is 0. The van der Waals surface area contributed by atoms with E-state index in [1.165, 1.54) is 0 Å². The Morgan fingerprint density at radius 1 is 1.12 bits per heavy atom. The van der Waals surface area contributed by atoms with Crippen LogP contribution in [0.4, 0.5) is 0 Å². The van der Waals surface area contributed by atoms with Gasteiger partial charge in [0.15, 0.2) is 0 Å². The van der Waals surface area contributed by atoms with Crippen molar-refractivity contribution in [1.29, 1.82) is 0 Å². The van der Waals surface area contributed by atoms with Crippen LogP contribution >= 0.6 is 10.6 Å². The fourth-order valence-corrected chi connectivity index (χ4v) is 0. The molecule has 2 N–H and O–H groups in total. The fourth-order valence-electron chi connectivity index (χ4n) is 0. The van der Waals surface area contributed by atoms with Crippen molar-refractivity contribution in [2.24, 2.45) is 0 Å². The summed E-state index contributed by atoms with van der Waals surface area (Å²) in [7, 11) is 3.77. The van der Waals surface area contributed by atoms with E-state index in [4.69, 9.17) is 19.8 Å². The molecular weight excluding hydrogens is 179 g/mol. The molecule has 0 saturated carbocycles. The van der Waals surface area contributed by atoms with Gasteiger partial charge in [0.1, 0.15) is 0 Å². The minimum atomic E-state index is -1.82. The summed E-state index contributed by atoms with van der Waals surface area (Å²) in [6.07, 6.45) is 0. The molecule has 0 bridgehead atoms. The summed E-state index contributed by atoms with van der Waals surface area (Å²) in [6.45, 7) is 0. The summed E-state index contributed by atoms with van der Waals surface area (Å²) in [5.41, 5.74) is 0. The maximum atomic E-state index is 9.10. The summed E-state index contributed by atoms with van der Waals surface area (Å²) in [4.78, 5) is 18.2. The average molecular weight is 181 g/mol. The molecule has 0 saturated heterocycles. The van der Waals surface area contributed by atoms with Crippen LogP contribution in [0.1, 0.15) is 0 Å². The van der Waals surface area contributed by atoms with Gasteiger partial charge in [0.25, 0.3) is 0 Å². The molecule has 0 fully saturated rings. The van der Waals surface area contributed by atoms with Gasteiger partial charge in [-0.05, 0) is 0 Å². The summed E-state index contributed by atoms with van der Waals surface area (Å²) >= 11 is 3.15. The molecule has 0 rings (SSSR count). The third-order valence-electron chi connectivity index (χ3n) is 0.183. The first-order valence-electron chi connectivity index (χ1n) is 1.24. The maximum absolute atomic E-state index is 9.10. The van der Waals surface area contributed by atoms with Crippen molar-refractivity contribution >= 4 is 22.5 Å². The summed E-state index contributed by atoms with van der Waals surface area (Å²) in [5, 5.41) is 14.8. The molecule has 0 aliphatic heterocycles. The van der Waals surface area contributed by atoms with E-state index in [2.05, 4.69) is 24.7 Å². The van der Waals surface area contributed by atoms with Crippen molar-refractivity contribution in [2.75, 3.05) is 0 Å². The quantitative estimate of drug-likeness (QED) is 0.506. The molecule has 0 aromatic carbocycles. The van der Waals surface area contributed by atoms with E-state index < -0.39 is 11.9 Å². The Bertz CT molecular complexity index is 90.2. The zero-order valence-electron chi connectivity index (χ0n) is 3.45. The Morgan fingerprint density at radius 3 is 1.25 bits per heavy atom. The molecule has 6 heteroatoms. The summed E-state index contributed by atoms with van der Waals surface area (Å²) < 4.78 is 0. The first kappa shape index (κ1) is 10.6. The van der Waals surface area contributed by atoms with E-state index in [1.54, 1.807) is 0 Å². The molecule has 0 amide bonds. The Balaban J connectivity index is 0. The van der Waals surface area contributed by atoms with Gasteiger partial charge in [-0.1, -0.05) is 0 Å². The molecule has 0 aliphatic rings. The topological polar surface area (TPSA) is 74.6 Å². The molecule has 0 aliphatic carbocycles. The number of aliphatic carboxylic acids is 2. The monoisotopic (exact) mass is 181 g/mol. The third kappa shape index (κ3) is 9.18. The minimum absolute atomic E-state index is 1.82. The van der Waals surface area contributed by atoms with E-state index >= 15 is 0 Å². The van der Waals surface area contributed by atoms with Crippen LogP contribution in [0.25, 0.3) is 0 Å². The first-order chi connectivity index (χ1) is 3.64. The predicted molar refractivity (Wildman–Crippen MR) is 22.9 cm³/mol. The Hall–Kier alpha value is -0.334. The van der Waals surface area contributed by atoms with Gasteiger partial charge in [-0.2, -0.15) is 0 Å². The Morgan fingerprint density at radius 2 is 1.25 bits per heavy atom. The van der Waals surface area contributed by atoms with Crippen molar-refractivity contribution in [3.8, 4) is 0 Å². The zero-order valence-corrected chi connectivity index (χ0v) is 5.31. The first-order valence-corrected chi connectivity index (χ1v) is 2.79. The van der Waals surface area contributed by atoms with Crippen molar-refractivity contribution in [2.45, 2.75) is 0 Å². The second kappa shape index (κ2) is 6.67. The van der Waals surface area contributed by atoms with E-state index in [1.807, 2.05) is 0 Å². The van der Waals surface area contributed by atoms with Crippen molar-refractivity contribution in [1.82, 2.24) is 0 Å². The number of hydrogen-bond acceptors (Lipinski definition) is 3. The molecule has 4 nitrogen and oxygen atoms in total. The van der Waals surface area contributed by atoms with Gasteiger partial charge in [0.05, 0.1) is 0 Å². The van der Waals surface area contributed by atoms with Gasteiger partial charge in [-0.3, -0.25) is 0 Å². The Kier molecular flexibility index (Phi) is 8.84. The molecule has 0 aromatic heterocycles. The van der Waals surface area contributed by atoms with Gasteiger partial charge in [-0.25, -0.2) is 9.59 Å². The van der Waals surface area contributed by atoms with Crippen molar-refractivity contribution < 1.29 is 33.9 Å². The van der Waals surface area contributed by atoms with Crippen LogP contribution in [-0.4, -0.2) is 22.2 Å². The van der Waals surface area contributed by atoms with Crippen LogP contribution in [-0.2, 0) is 23.7 Å². The van der Waals surface area contributed by atoms with Crippen LogP contribution in [0.2, 0.25) is 0 Å². The van der Waals surface area contributed by atoms with Gasteiger partial charge in [0, 0.05) is 0 Å². The number of carboxylic acids is 2.